The van der Waals surface area contributed by atoms with Gasteiger partial charge in [-0.3, -0.25) is 5.11 Å². The number of benzene rings is 1. The monoisotopic (exact) mass is 205 g/mol. The summed E-state index contributed by atoms with van der Waals surface area (Å²) in [5.41, 5.74) is 0.981. The fourth-order valence-electron chi connectivity index (χ4n) is 1.92. The van der Waals surface area contributed by atoms with E-state index in [2.05, 4.69) is 13.8 Å². The lowest BCUT2D eigenvalue weighted by atomic mass is 9.94. The highest BCUT2D eigenvalue weighted by Crippen LogP contribution is 2.29. The number of hydrogen-bond acceptors (Lipinski definition) is 0. The summed E-state index contributed by atoms with van der Waals surface area (Å²) in [5.74, 6) is 0.607. The maximum Gasteiger partial charge on any atom is 0.182 e. The molecular formula is C14H21O. The van der Waals surface area contributed by atoms with Crippen molar-refractivity contribution in [2.45, 2.75) is 51.9 Å². The van der Waals surface area contributed by atoms with Gasteiger partial charge in [-0.1, -0.05) is 57.7 Å². The summed E-state index contributed by atoms with van der Waals surface area (Å²) in [6.45, 7) is 4.37. The van der Waals surface area contributed by atoms with Crippen LogP contribution in [-0.2, 0) is 5.11 Å². The molecule has 0 heterocycles. The van der Waals surface area contributed by atoms with Crippen LogP contribution in [0.4, 0.5) is 0 Å². The molecule has 0 bridgehead atoms. The zero-order valence-corrected chi connectivity index (χ0v) is 9.83. The molecule has 0 fully saturated rings. The summed E-state index contributed by atoms with van der Waals surface area (Å²) in [6.07, 6.45) is 6.25. The molecule has 0 aliphatic carbocycles. The Bertz CT molecular complexity index is 280. The van der Waals surface area contributed by atoms with Crippen LogP contribution in [0.25, 0.3) is 0 Å². The van der Waals surface area contributed by atoms with Crippen molar-refractivity contribution < 1.29 is 5.11 Å². The summed E-state index contributed by atoms with van der Waals surface area (Å²) in [5, 5.41) is 11.5. The van der Waals surface area contributed by atoms with Gasteiger partial charge in [0.25, 0.3) is 0 Å². The maximum absolute atomic E-state index is 11.5. The molecule has 1 radical (unpaired) electrons. The Kier molecular flexibility index (Phi) is 5.23. The molecule has 1 rings (SSSR count). The highest BCUT2D eigenvalue weighted by molar-refractivity contribution is 5.34. The van der Waals surface area contributed by atoms with Gasteiger partial charge in [0.2, 0.25) is 0 Å². The largest absolute Gasteiger partial charge is 0.290 e. The zero-order valence-electron chi connectivity index (χ0n) is 9.83. The Labute approximate surface area is 93.1 Å². The SMILES string of the molecule is CCCCCCC(C)c1ccccc1[O]. The van der Waals surface area contributed by atoms with Crippen molar-refractivity contribution in [3.63, 3.8) is 0 Å². The van der Waals surface area contributed by atoms with Crippen LogP contribution in [0.5, 0.6) is 5.75 Å². The van der Waals surface area contributed by atoms with Crippen molar-refractivity contribution in [1.29, 1.82) is 0 Å². The molecule has 0 saturated carbocycles. The van der Waals surface area contributed by atoms with Crippen LogP contribution in [-0.4, -0.2) is 0 Å². The van der Waals surface area contributed by atoms with Crippen LogP contribution >= 0.6 is 0 Å². The first-order valence-electron chi connectivity index (χ1n) is 6.01. The Balaban J connectivity index is 2.40. The Morgan fingerprint density at radius 3 is 2.53 bits per heavy atom. The molecule has 15 heavy (non-hydrogen) atoms. The summed E-state index contributed by atoms with van der Waals surface area (Å²) in [7, 11) is 0. The van der Waals surface area contributed by atoms with Gasteiger partial charge >= 0.3 is 0 Å². The van der Waals surface area contributed by atoms with Crippen molar-refractivity contribution in [3.8, 4) is 5.75 Å². The molecule has 1 aromatic rings. The van der Waals surface area contributed by atoms with Crippen molar-refractivity contribution in [2.24, 2.45) is 0 Å². The molecule has 1 atom stereocenters. The van der Waals surface area contributed by atoms with E-state index in [9.17, 15) is 5.11 Å². The van der Waals surface area contributed by atoms with E-state index in [-0.39, 0.29) is 5.75 Å². The minimum absolute atomic E-state index is 0.195. The van der Waals surface area contributed by atoms with Gasteiger partial charge < -0.3 is 0 Å². The van der Waals surface area contributed by atoms with Crippen LogP contribution in [0.3, 0.4) is 0 Å². The van der Waals surface area contributed by atoms with E-state index in [1.54, 1.807) is 6.07 Å². The van der Waals surface area contributed by atoms with E-state index in [0.717, 1.165) is 12.0 Å². The normalized spacial score (nSPS) is 12.7. The maximum atomic E-state index is 11.5. The fraction of sp³-hybridized carbons (Fsp3) is 0.571. The molecular weight excluding hydrogens is 184 g/mol. The van der Waals surface area contributed by atoms with E-state index >= 15 is 0 Å². The summed E-state index contributed by atoms with van der Waals surface area (Å²) in [4.78, 5) is 0. The second-order valence-electron chi connectivity index (χ2n) is 4.29. The molecule has 0 amide bonds. The number of rotatable bonds is 6. The zero-order chi connectivity index (χ0) is 11.1. The molecule has 0 aliphatic heterocycles. The van der Waals surface area contributed by atoms with E-state index in [1.165, 1.54) is 25.7 Å². The highest BCUT2D eigenvalue weighted by atomic mass is 16.3. The molecule has 1 aromatic carbocycles. The lowest BCUT2D eigenvalue weighted by molar-refractivity contribution is 0.346. The van der Waals surface area contributed by atoms with Gasteiger partial charge in [0.15, 0.2) is 5.75 Å². The standard InChI is InChI=1S/C14H21O/c1-3-4-5-6-9-12(2)13-10-7-8-11-14(13)15/h7-8,10-12H,3-6,9H2,1-2H3. The minimum atomic E-state index is 0.195. The van der Waals surface area contributed by atoms with Crippen molar-refractivity contribution in [2.75, 3.05) is 0 Å². The number of unbranched alkanes of at least 4 members (excludes halogenated alkanes) is 3. The molecule has 1 nitrogen and oxygen atoms in total. The van der Waals surface area contributed by atoms with Gasteiger partial charge in [-0.25, -0.2) is 0 Å². The summed E-state index contributed by atoms with van der Waals surface area (Å²) in [6, 6.07) is 7.40. The number of para-hydroxylation sites is 1. The van der Waals surface area contributed by atoms with Crippen LogP contribution in [0.15, 0.2) is 24.3 Å². The first kappa shape index (κ1) is 12.1. The quantitative estimate of drug-likeness (QED) is 0.588. The summed E-state index contributed by atoms with van der Waals surface area (Å²) >= 11 is 0. The average Bonchev–Trinajstić information content (AvgIpc) is 2.25. The molecule has 1 unspecified atom stereocenters. The Morgan fingerprint density at radius 2 is 1.87 bits per heavy atom. The van der Waals surface area contributed by atoms with Gasteiger partial charge in [-0.05, 0) is 18.4 Å². The van der Waals surface area contributed by atoms with E-state index in [4.69, 9.17) is 0 Å². The van der Waals surface area contributed by atoms with E-state index in [0.29, 0.717) is 5.92 Å². The Morgan fingerprint density at radius 1 is 1.13 bits per heavy atom. The average molecular weight is 205 g/mol. The van der Waals surface area contributed by atoms with Gasteiger partial charge in [-0.2, -0.15) is 0 Å². The lowest BCUT2D eigenvalue weighted by Crippen LogP contribution is -1.93. The van der Waals surface area contributed by atoms with Gasteiger partial charge in [-0.15, -0.1) is 0 Å². The highest BCUT2D eigenvalue weighted by Gasteiger charge is 2.09. The van der Waals surface area contributed by atoms with Crippen LogP contribution in [0.1, 0.15) is 57.4 Å². The molecule has 0 aromatic heterocycles. The topological polar surface area (TPSA) is 19.9 Å². The predicted molar refractivity (Wildman–Crippen MR) is 63.7 cm³/mol. The van der Waals surface area contributed by atoms with Gasteiger partial charge in [0.1, 0.15) is 0 Å². The molecule has 0 N–H and O–H groups in total. The molecule has 1 heteroatoms. The van der Waals surface area contributed by atoms with E-state index in [1.807, 2.05) is 18.2 Å². The molecule has 0 aliphatic rings. The Hall–Kier alpha value is -0.980. The third-order valence-electron chi connectivity index (χ3n) is 2.94. The molecule has 83 valence electrons. The first-order valence-corrected chi connectivity index (χ1v) is 6.01. The second kappa shape index (κ2) is 6.49. The second-order valence-corrected chi connectivity index (χ2v) is 4.29. The smallest absolute Gasteiger partial charge is 0.182 e. The molecule has 0 spiro atoms. The van der Waals surface area contributed by atoms with Gasteiger partial charge in [0.05, 0.1) is 0 Å². The summed E-state index contributed by atoms with van der Waals surface area (Å²) < 4.78 is 0. The van der Waals surface area contributed by atoms with Crippen LogP contribution < -0.4 is 0 Å². The van der Waals surface area contributed by atoms with Crippen molar-refractivity contribution in [1.82, 2.24) is 0 Å². The van der Waals surface area contributed by atoms with Crippen molar-refractivity contribution >= 4 is 0 Å². The fourth-order valence-corrected chi connectivity index (χ4v) is 1.92. The number of hydrogen-bond donors (Lipinski definition) is 0. The third kappa shape index (κ3) is 3.94. The van der Waals surface area contributed by atoms with Gasteiger partial charge in [0, 0.05) is 5.56 Å². The first-order chi connectivity index (χ1) is 7.25. The lowest BCUT2D eigenvalue weighted by Gasteiger charge is -2.11. The molecule has 0 saturated heterocycles. The predicted octanol–water partition coefficient (Wildman–Crippen LogP) is 4.90. The van der Waals surface area contributed by atoms with Crippen molar-refractivity contribution in [3.05, 3.63) is 29.8 Å². The minimum Gasteiger partial charge on any atom is -0.290 e. The van der Waals surface area contributed by atoms with Crippen LogP contribution in [0, 0.1) is 0 Å². The third-order valence-corrected chi connectivity index (χ3v) is 2.94. The van der Waals surface area contributed by atoms with E-state index < -0.39 is 0 Å². The van der Waals surface area contributed by atoms with Crippen LogP contribution in [0.2, 0.25) is 0 Å².